The summed E-state index contributed by atoms with van der Waals surface area (Å²) in [5.74, 6) is 1.74. The molecule has 1 fully saturated rings. The maximum absolute atomic E-state index is 5.60. The molecule has 1 aliphatic carbocycles. The van der Waals surface area contributed by atoms with E-state index in [0.717, 1.165) is 44.6 Å². The summed E-state index contributed by atoms with van der Waals surface area (Å²) in [5, 5.41) is 3.53. The number of rotatable bonds is 14. The highest BCUT2D eigenvalue weighted by Gasteiger charge is 2.39. The maximum Gasteiger partial charge on any atom is 0.119 e. The lowest BCUT2D eigenvalue weighted by Crippen LogP contribution is -2.36. The van der Waals surface area contributed by atoms with Gasteiger partial charge in [-0.3, -0.25) is 0 Å². The minimum absolute atomic E-state index is 0.410. The van der Waals surface area contributed by atoms with Crippen LogP contribution in [0, 0.1) is 5.92 Å². The van der Waals surface area contributed by atoms with Gasteiger partial charge in [-0.25, -0.2) is 0 Å². The second-order valence-corrected chi connectivity index (χ2v) is 7.91. The molecule has 3 heteroatoms. The smallest absolute Gasteiger partial charge is 0.119 e. The van der Waals surface area contributed by atoms with Gasteiger partial charge in [0.1, 0.15) is 5.75 Å². The van der Waals surface area contributed by atoms with Crippen LogP contribution in [0.15, 0.2) is 24.3 Å². The molecule has 1 unspecified atom stereocenters. The summed E-state index contributed by atoms with van der Waals surface area (Å²) in [6.07, 6.45) is 8.97. The summed E-state index contributed by atoms with van der Waals surface area (Å²) >= 11 is 0. The van der Waals surface area contributed by atoms with Gasteiger partial charge in [0.25, 0.3) is 0 Å². The van der Waals surface area contributed by atoms with Gasteiger partial charge in [-0.15, -0.1) is 0 Å². The van der Waals surface area contributed by atoms with Crippen LogP contribution >= 0.6 is 0 Å². The summed E-state index contributed by atoms with van der Waals surface area (Å²) in [6.45, 7) is 11.2. The molecule has 148 valence electrons. The molecule has 26 heavy (non-hydrogen) atoms. The minimum atomic E-state index is 0.410. The van der Waals surface area contributed by atoms with Gasteiger partial charge in [0.15, 0.2) is 0 Å². The van der Waals surface area contributed by atoms with Gasteiger partial charge in [-0.1, -0.05) is 38.8 Å². The molecule has 0 bridgehead atoms. The van der Waals surface area contributed by atoms with Crippen molar-refractivity contribution in [3.63, 3.8) is 0 Å². The van der Waals surface area contributed by atoms with Gasteiger partial charge in [-0.05, 0) is 74.6 Å². The third-order valence-electron chi connectivity index (χ3n) is 5.71. The quantitative estimate of drug-likeness (QED) is 0.454. The molecule has 0 radical (unpaired) electrons. The average molecular weight is 362 g/mol. The third kappa shape index (κ3) is 6.59. The predicted molar refractivity (Wildman–Crippen MR) is 110 cm³/mol. The zero-order valence-electron chi connectivity index (χ0n) is 17.2. The standard InChI is InChI=1S/C23H39NO2/c1-4-6-17-25-18-16-24-15-12-20(3)19-23(13-7-14-23)21-8-10-22(11-9-21)26-5-2/h8-11,20,24H,4-7,12-19H2,1-3H3. The first-order valence-electron chi connectivity index (χ1n) is 10.7. The zero-order valence-corrected chi connectivity index (χ0v) is 17.2. The van der Waals surface area contributed by atoms with Crippen LogP contribution in [0.4, 0.5) is 0 Å². The fourth-order valence-corrected chi connectivity index (χ4v) is 4.02. The van der Waals surface area contributed by atoms with Gasteiger partial charge in [0.05, 0.1) is 13.2 Å². The molecule has 3 nitrogen and oxygen atoms in total. The summed E-state index contributed by atoms with van der Waals surface area (Å²) in [4.78, 5) is 0. The van der Waals surface area contributed by atoms with Gasteiger partial charge in [0, 0.05) is 13.2 Å². The molecule has 0 spiro atoms. The Labute approximate surface area is 160 Å². The third-order valence-corrected chi connectivity index (χ3v) is 5.71. The topological polar surface area (TPSA) is 30.5 Å². The van der Waals surface area contributed by atoms with Crippen LogP contribution in [-0.2, 0) is 10.2 Å². The highest BCUT2D eigenvalue weighted by atomic mass is 16.5. The van der Waals surface area contributed by atoms with Crippen LogP contribution in [0.3, 0.4) is 0 Å². The molecule has 1 saturated carbocycles. The van der Waals surface area contributed by atoms with E-state index in [1.165, 1.54) is 50.5 Å². The summed E-state index contributed by atoms with van der Waals surface area (Å²) in [7, 11) is 0. The Balaban J connectivity index is 1.69. The van der Waals surface area contributed by atoms with E-state index in [-0.39, 0.29) is 0 Å². The maximum atomic E-state index is 5.60. The Morgan fingerprint density at radius 2 is 1.85 bits per heavy atom. The molecule has 1 aliphatic rings. The van der Waals surface area contributed by atoms with Gasteiger partial charge < -0.3 is 14.8 Å². The van der Waals surface area contributed by atoms with E-state index in [0.29, 0.717) is 5.41 Å². The highest BCUT2D eigenvalue weighted by Crippen LogP contribution is 2.48. The molecule has 1 atom stereocenters. The summed E-state index contributed by atoms with van der Waals surface area (Å²) in [5.41, 5.74) is 1.92. The van der Waals surface area contributed by atoms with Crippen molar-refractivity contribution in [1.82, 2.24) is 5.32 Å². The number of benzene rings is 1. The van der Waals surface area contributed by atoms with E-state index in [1.54, 1.807) is 0 Å². The van der Waals surface area contributed by atoms with Crippen LogP contribution in [0.5, 0.6) is 5.75 Å². The number of hydrogen-bond donors (Lipinski definition) is 1. The Kier molecular flexibility index (Phi) is 9.49. The SMILES string of the molecule is CCCCOCCNCCC(C)CC1(c2ccc(OCC)cc2)CCC1. The first kappa shape index (κ1) is 21.2. The normalized spacial score (nSPS) is 16.9. The Hall–Kier alpha value is -1.06. The van der Waals surface area contributed by atoms with Crippen LogP contribution in [0.2, 0.25) is 0 Å². The molecule has 0 aliphatic heterocycles. The van der Waals surface area contributed by atoms with E-state index in [4.69, 9.17) is 9.47 Å². The zero-order chi connectivity index (χ0) is 18.7. The number of nitrogens with one attached hydrogen (secondary N) is 1. The molecule has 2 rings (SSSR count). The number of unbranched alkanes of at least 4 members (excludes halogenated alkanes) is 1. The van der Waals surface area contributed by atoms with Crippen molar-refractivity contribution >= 4 is 0 Å². The van der Waals surface area contributed by atoms with Crippen molar-refractivity contribution in [2.45, 2.75) is 71.1 Å². The van der Waals surface area contributed by atoms with E-state index in [9.17, 15) is 0 Å². The van der Waals surface area contributed by atoms with Gasteiger partial charge in [0.2, 0.25) is 0 Å². The summed E-state index contributed by atoms with van der Waals surface area (Å²) < 4.78 is 11.2. The molecule has 1 N–H and O–H groups in total. The van der Waals surface area contributed by atoms with Crippen LogP contribution < -0.4 is 10.1 Å². The average Bonchev–Trinajstić information content (AvgIpc) is 2.61. The van der Waals surface area contributed by atoms with Crippen molar-refractivity contribution in [3.05, 3.63) is 29.8 Å². The van der Waals surface area contributed by atoms with Crippen molar-refractivity contribution in [3.8, 4) is 5.75 Å². The monoisotopic (exact) mass is 361 g/mol. The van der Waals surface area contributed by atoms with E-state index in [2.05, 4.69) is 43.4 Å². The predicted octanol–water partition coefficient (Wildman–Crippen LogP) is 5.33. The van der Waals surface area contributed by atoms with Crippen molar-refractivity contribution in [2.24, 2.45) is 5.92 Å². The molecule has 0 amide bonds. The van der Waals surface area contributed by atoms with Crippen molar-refractivity contribution in [2.75, 3.05) is 32.9 Å². The van der Waals surface area contributed by atoms with Crippen LogP contribution in [-0.4, -0.2) is 32.9 Å². The first-order chi connectivity index (χ1) is 12.7. The van der Waals surface area contributed by atoms with E-state index >= 15 is 0 Å². The second kappa shape index (κ2) is 11.6. The molecule has 0 heterocycles. The second-order valence-electron chi connectivity index (χ2n) is 7.91. The molecule has 0 saturated heterocycles. The lowest BCUT2D eigenvalue weighted by Gasteiger charge is -2.44. The molecule has 0 aromatic heterocycles. The molecule has 1 aromatic rings. The molecular weight excluding hydrogens is 322 g/mol. The van der Waals surface area contributed by atoms with E-state index < -0.39 is 0 Å². The van der Waals surface area contributed by atoms with Crippen molar-refractivity contribution in [1.29, 1.82) is 0 Å². The lowest BCUT2D eigenvalue weighted by atomic mass is 9.60. The Morgan fingerprint density at radius 3 is 2.46 bits per heavy atom. The number of ether oxygens (including phenoxy) is 2. The number of hydrogen-bond acceptors (Lipinski definition) is 3. The lowest BCUT2D eigenvalue weighted by molar-refractivity contribution is 0.132. The fraction of sp³-hybridized carbons (Fsp3) is 0.739. The fourth-order valence-electron chi connectivity index (χ4n) is 4.02. The first-order valence-corrected chi connectivity index (χ1v) is 10.7. The van der Waals surface area contributed by atoms with Gasteiger partial charge in [-0.2, -0.15) is 0 Å². The Morgan fingerprint density at radius 1 is 1.08 bits per heavy atom. The Bertz CT molecular complexity index is 481. The highest BCUT2D eigenvalue weighted by molar-refractivity contribution is 5.34. The van der Waals surface area contributed by atoms with Gasteiger partial charge >= 0.3 is 0 Å². The van der Waals surface area contributed by atoms with E-state index in [1.807, 2.05) is 6.92 Å². The van der Waals surface area contributed by atoms with Crippen LogP contribution in [0.1, 0.15) is 71.3 Å². The van der Waals surface area contributed by atoms with Crippen LogP contribution in [0.25, 0.3) is 0 Å². The molecule has 1 aromatic carbocycles. The summed E-state index contributed by atoms with van der Waals surface area (Å²) in [6, 6.07) is 8.87. The minimum Gasteiger partial charge on any atom is -0.494 e. The molecular formula is C23H39NO2. The largest absolute Gasteiger partial charge is 0.494 e. The van der Waals surface area contributed by atoms with Crippen molar-refractivity contribution < 1.29 is 9.47 Å².